The van der Waals surface area contributed by atoms with Gasteiger partial charge >= 0.3 is 12.1 Å². The number of carbonyl (C=O) groups excluding carboxylic acids is 1. The summed E-state index contributed by atoms with van der Waals surface area (Å²) in [4.78, 5) is 15.1. The number of pyridine rings is 1. The largest absolute Gasteiger partial charge is 0.461 e. The molecule has 25 heavy (non-hydrogen) atoms. The SMILES string of the molecule is O=C(OCCS(=O)(=O)c1ccc(C(F)(F)F)cn1)c1ccc(Cl)cc1. The van der Waals surface area contributed by atoms with E-state index in [2.05, 4.69) is 4.98 Å². The fourth-order valence-electron chi connectivity index (χ4n) is 1.75. The molecule has 0 saturated carbocycles. The van der Waals surface area contributed by atoms with E-state index in [9.17, 15) is 26.4 Å². The number of halogens is 4. The van der Waals surface area contributed by atoms with Crippen LogP contribution in [-0.2, 0) is 20.8 Å². The Labute approximate surface area is 146 Å². The van der Waals surface area contributed by atoms with Gasteiger partial charge in [-0.1, -0.05) is 11.6 Å². The van der Waals surface area contributed by atoms with Crippen molar-refractivity contribution < 1.29 is 31.1 Å². The van der Waals surface area contributed by atoms with Crippen LogP contribution in [0, 0.1) is 0 Å². The second-order valence-electron chi connectivity index (χ2n) is 4.84. The zero-order chi connectivity index (χ0) is 18.7. The highest BCUT2D eigenvalue weighted by molar-refractivity contribution is 7.91. The van der Waals surface area contributed by atoms with Crippen molar-refractivity contribution in [2.45, 2.75) is 11.2 Å². The highest BCUT2D eigenvalue weighted by Gasteiger charge is 2.31. The lowest BCUT2D eigenvalue weighted by atomic mass is 10.2. The standard InChI is InChI=1S/C15H11ClF3NO4S/c16-12-4-1-10(2-5-12)14(21)24-7-8-25(22,23)13-6-3-11(9-20-13)15(17,18)19/h1-6,9H,7-8H2. The van der Waals surface area contributed by atoms with Crippen LogP contribution < -0.4 is 0 Å². The molecule has 0 aliphatic rings. The van der Waals surface area contributed by atoms with Crippen LogP contribution in [0.1, 0.15) is 15.9 Å². The van der Waals surface area contributed by atoms with Gasteiger partial charge in [-0.05, 0) is 36.4 Å². The van der Waals surface area contributed by atoms with Crippen molar-refractivity contribution in [2.24, 2.45) is 0 Å². The zero-order valence-electron chi connectivity index (χ0n) is 12.5. The molecule has 10 heteroatoms. The van der Waals surface area contributed by atoms with Crippen LogP contribution in [0.15, 0.2) is 47.6 Å². The number of alkyl halides is 3. The topological polar surface area (TPSA) is 73.3 Å². The number of aromatic nitrogens is 1. The van der Waals surface area contributed by atoms with E-state index >= 15 is 0 Å². The first-order valence-electron chi connectivity index (χ1n) is 6.78. The summed E-state index contributed by atoms with van der Waals surface area (Å²) in [5, 5.41) is -0.101. The van der Waals surface area contributed by atoms with Gasteiger partial charge in [-0.15, -0.1) is 0 Å². The molecule has 0 radical (unpaired) electrons. The molecule has 0 aliphatic carbocycles. The maximum absolute atomic E-state index is 12.4. The second-order valence-corrected chi connectivity index (χ2v) is 7.34. The lowest BCUT2D eigenvalue weighted by Gasteiger charge is -2.08. The van der Waals surface area contributed by atoms with Gasteiger partial charge in [-0.3, -0.25) is 0 Å². The van der Waals surface area contributed by atoms with Crippen molar-refractivity contribution >= 4 is 27.4 Å². The molecule has 0 spiro atoms. The summed E-state index contributed by atoms with van der Waals surface area (Å²) in [5.41, 5.74) is -0.866. The molecule has 1 aromatic carbocycles. The van der Waals surface area contributed by atoms with Crippen molar-refractivity contribution in [2.75, 3.05) is 12.4 Å². The van der Waals surface area contributed by atoms with Gasteiger partial charge in [-0.25, -0.2) is 18.2 Å². The van der Waals surface area contributed by atoms with Crippen molar-refractivity contribution in [3.05, 3.63) is 58.7 Å². The molecule has 0 aliphatic heterocycles. The minimum absolute atomic E-state index is 0.189. The molecule has 0 unspecified atom stereocenters. The Hall–Kier alpha value is -2.13. The molecule has 0 N–H and O–H groups in total. The highest BCUT2D eigenvalue weighted by atomic mass is 35.5. The summed E-state index contributed by atoms with van der Waals surface area (Å²) in [6, 6.07) is 7.16. The third-order valence-electron chi connectivity index (χ3n) is 3.05. The van der Waals surface area contributed by atoms with Crippen LogP contribution in [0.2, 0.25) is 5.02 Å². The Balaban J connectivity index is 1.97. The van der Waals surface area contributed by atoms with E-state index in [1.807, 2.05) is 0 Å². The number of rotatable bonds is 5. The monoisotopic (exact) mass is 393 g/mol. The van der Waals surface area contributed by atoms with Crippen molar-refractivity contribution in [3.8, 4) is 0 Å². The number of benzene rings is 1. The van der Waals surface area contributed by atoms with Crippen molar-refractivity contribution in [1.29, 1.82) is 0 Å². The summed E-state index contributed by atoms with van der Waals surface area (Å²) >= 11 is 5.68. The minimum atomic E-state index is -4.61. The summed E-state index contributed by atoms with van der Waals surface area (Å²) in [6.07, 6.45) is -4.17. The van der Waals surface area contributed by atoms with Gasteiger partial charge in [0.15, 0.2) is 14.9 Å². The minimum Gasteiger partial charge on any atom is -0.461 e. The molecule has 134 valence electrons. The number of esters is 1. The van der Waals surface area contributed by atoms with Crippen LogP contribution in [-0.4, -0.2) is 31.7 Å². The summed E-state index contributed by atoms with van der Waals surface area (Å²) < 4.78 is 66.2. The second kappa shape index (κ2) is 7.40. The molecule has 1 heterocycles. The first kappa shape index (κ1) is 19.2. The average Bonchev–Trinajstić information content (AvgIpc) is 2.54. The van der Waals surface area contributed by atoms with E-state index in [1.165, 1.54) is 24.3 Å². The molecular formula is C15H11ClF3NO4S. The number of sulfone groups is 1. The Morgan fingerprint density at radius 1 is 1.12 bits per heavy atom. The lowest BCUT2D eigenvalue weighted by Crippen LogP contribution is -2.17. The number of hydrogen-bond donors (Lipinski definition) is 0. The van der Waals surface area contributed by atoms with Crippen LogP contribution in [0.3, 0.4) is 0 Å². The quantitative estimate of drug-likeness (QED) is 0.728. The first-order valence-corrected chi connectivity index (χ1v) is 8.81. The van der Waals surface area contributed by atoms with E-state index < -0.39 is 44.9 Å². The van der Waals surface area contributed by atoms with Gasteiger partial charge in [0.25, 0.3) is 0 Å². The maximum atomic E-state index is 12.4. The Kier molecular flexibility index (Phi) is 5.69. The predicted octanol–water partition coefficient (Wildman–Crippen LogP) is 3.38. The summed E-state index contributed by atoms with van der Waals surface area (Å²) in [5.74, 6) is -1.35. The Morgan fingerprint density at radius 3 is 2.28 bits per heavy atom. The summed E-state index contributed by atoms with van der Waals surface area (Å²) in [7, 11) is -3.98. The molecule has 0 atom stereocenters. The number of hydrogen-bond acceptors (Lipinski definition) is 5. The first-order chi connectivity index (χ1) is 11.6. The Morgan fingerprint density at radius 2 is 1.76 bits per heavy atom. The fourth-order valence-corrected chi connectivity index (χ4v) is 2.88. The van der Waals surface area contributed by atoms with Gasteiger partial charge < -0.3 is 4.74 Å². The molecule has 0 bridgehead atoms. The fraction of sp³-hybridized carbons (Fsp3) is 0.200. The molecular weight excluding hydrogens is 383 g/mol. The van der Waals surface area contributed by atoms with E-state index in [0.29, 0.717) is 17.3 Å². The smallest absolute Gasteiger partial charge is 0.417 e. The van der Waals surface area contributed by atoms with Gasteiger partial charge in [0, 0.05) is 11.2 Å². The number of nitrogens with zero attached hydrogens (tertiary/aromatic N) is 1. The zero-order valence-corrected chi connectivity index (χ0v) is 14.0. The third-order valence-corrected chi connectivity index (χ3v) is 4.88. The maximum Gasteiger partial charge on any atom is 0.417 e. The number of ether oxygens (including phenoxy) is 1. The molecule has 5 nitrogen and oxygen atoms in total. The van der Waals surface area contributed by atoms with Crippen molar-refractivity contribution in [3.63, 3.8) is 0 Å². The van der Waals surface area contributed by atoms with Crippen molar-refractivity contribution in [1.82, 2.24) is 4.98 Å². The lowest BCUT2D eigenvalue weighted by molar-refractivity contribution is -0.137. The van der Waals surface area contributed by atoms with Gasteiger partial charge in [0.1, 0.15) is 6.61 Å². The van der Waals surface area contributed by atoms with Gasteiger partial charge in [0.05, 0.1) is 16.9 Å². The third kappa shape index (κ3) is 5.17. The highest BCUT2D eigenvalue weighted by Crippen LogP contribution is 2.28. The normalized spacial score (nSPS) is 12.0. The van der Waals surface area contributed by atoms with Gasteiger partial charge in [0.2, 0.25) is 0 Å². The van der Waals surface area contributed by atoms with E-state index in [1.54, 1.807) is 0 Å². The van der Waals surface area contributed by atoms with E-state index in [0.717, 1.165) is 6.07 Å². The van der Waals surface area contributed by atoms with Crippen LogP contribution in [0.5, 0.6) is 0 Å². The molecule has 0 fully saturated rings. The van der Waals surface area contributed by atoms with Gasteiger partial charge in [-0.2, -0.15) is 13.2 Å². The van der Waals surface area contributed by atoms with Crippen LogP contribution in [0.4, 0.5) is 13.2 Å². The molecule has 0 saturated heterocycles. The molecule has 2 aromatic rings. The average molecular weight is 394 g/mol. The van der Waals surface area contributed by atoms with Crippen LogP contribution in [0.25, 0.3) is 0 Å². The predicted molar refractivity (Wildman–Crippen MR) is 83.0 cm³/mol. The van der Waals surface area contributed by atoms with E-state index in [4.69, 9.17) is 16.3 Å². The number of carbonyl (C=O) groups is 1. The Bertz CT molecular complexity index is 850. The molecule has 2 rings (SSSR count). The summed E-state index contributed by atoms with van der Waals surface area (Å²) in [6.45, 7) is -0.466. The molecule has 0 amide bonds. The molecule has 1 aromatic heterocycles. The van der Waals surface area contributed by atoms with Crippen LogP contribution >= 0.6 is 11.6 Å². The van der Waals surface area contributed by atoms with E-state index in [-0.39, 0.29) is 5.56 Å².